The van der Waals surface area contributed by atoms with Crippen LogP contribution in [0.1, 0.15) is 12.8 Å². The van der Waals surface area contributed by atoms with E-state index in [9.17, 15) is 18.0 Å². The number of hydrogen-bond donors (Lipinski definition) is 2. The molecule has 0 unspecified atom stereocenters. The van der Waals surface area contributed by atoms with Gasteiger partial charge in [-0.05, 0) is 55.3 Å². The summed E-state index contributed by atoms with van der Waals surface area (Å²) in [5, 5.41) is 3.87. The largest absolute Gasteiger partial charge is 0.331 e. The van der Waals surface area contributed by atoms with Gasteiger partial charge in [-0.3, -0.25) is 9.59 Å². The van der Waals surface area contributed by atoms with Gasteiger partial charge in [0.05, 0.1) is 15.9 Å². The van der Waals surface area contributed by atoms with Crippen LogP contribution in [0.15, 0.2) is 82.5 Å². The first-order chi connectivity index (χ1) is 15.4. The first-order valence-electron chi connectivity index (χ1n) is 10.3. The van der Waals surface area contributed by atoms with Gasteiger partial charge in [-0.2, -0.15) is 0 Å². The van der Waals surface area contributed by atoms with Crippen LogP contribution in [-0.4, -0.2) is 24.9 Å². The van der Waals surface area contributed by atoms with Crippen LogP contribution in [0.5, 0.6) is 0 Å². The molecule has 1 aromatic heterocycles. The Morgan fingerprint density at radius 1 is 0.906 bits per heavy atom. The van der Waals surface area contributed by atoms with Gasteiger partial charge in [0.25, 0.3) is 0 Å². The summed E-state index contributed by atoms with van der Waals surface area (Å²) in [6.45, 7) is -0.0292. The molecule has 8 heteroatoms. The van der Waals surface area contributed by atoms with Gasteiger partial charge in [-0.15, -0.1) is 0 Å². The van der Waals surface area contributed by atoms with Crippen molar-refractivity contribution in [3.05, 3.63) is 83.0 Å². The SMILES string of the molecule is O=C(Cn1c2ccccc2c(=O)c2ccccc21)Nc1cccc(S(=O)(=O)NC2CC2)c1. The third-order valence-electron chi connectivity index (χ3n) is 5.51. The van der Waals surface area contributed by atoms with Crippen LogP contribution in [0, 0.1) is 0 Å². The van der Waals surface area contributed by atoms with Gasteiger partial charge >= 0.3 is 0 Å². The number of para-hydroxylation sites is 2. The quantitative estimate of drug-likeness (QED) is 0.444. The number of pyridine rings is 1. The van der Waals surface area contributed by atoms with Crippen molar-refractivity contribution in [2.75, 3.05) is 5.32 Å². The average Bonchev–Trinajstić information content (AvgIpc) is 3.60. The summed E-state index contributed by atoms with van der Waals surface area (Å²) in [6, 6.07) is 20.6. The van der Waals surface area contributed by atoms with E-state index >= 15 is 0 Å². The fourth-order valence-corrected chi connectivity index (χ4v) is 5.17. The van der Waals surface area contributed by atoms with E-state index in [-0.39, 0.29) is 28.8 Å². The molecule has 1 aliphatic rings. The van der Waals surface area contributed by atoms with Gasteiger partial charge in [0.1, 0.15) is 6.54 Å². The molecule has 5 rings (SSSR count). The molecule has 0 bridgehead atoms. The van der Waals surface area contributed by atoms with Crippen molar-refractivity contribution in [2.24, 2.45) is 0 Å². The highest BCUT2D eigenvalue weighted by Crippen LogP contribution is 2.24. The van der Waals surface area contributed by atoms with Crippen molar-refractivity contribution in [3.63, 3.8) is 0 Å². The normalized spacial score (nSPS) is 14.0. The molecule has 2 N–H and O–H groups in total. The van der Waals surface area contributed by atoms with Gasteiger partial charge in [-0.1, -0.05) is 30.3 Å². The minimum absolute atomic E-state index is 0.000181. The first kappa shape index (κ1) is 20.4. The van der Waals surface area contributed by atoms with Crippen molar-refractivity contribution < 1.29 is 13.2 Å². The Morgan fingerprint density at radius 2 is 1.53 bits per heavy atom. The molecule has 1 saturated carbocycles. The Morgan fingerprint density at radius 3 is 2.16 bits per heavy atom. The number of nitrogens with zero attached hydrogens (tertiary/aromatic N) is 1. The first-order valence-corrected chi connectivity index (χ1v) is 11.8. The Bertz CT molecular complexity index is 1460. The summed E-state index contributed by atoms with van der Waals surface area (Å²) >= 11 is 0. The predicted octanol–water partition coefficient (Wildman–Crippen LogP) is 3.23. The molecule has 1 heterocycles. The van der Waals surface area contributed by atoms with Crippen LogP contribution >= 0.6 is 0 Å². The van der Waals surface area contributed by atoms with Crippen LogP contribution in [-0.2, 0) is 21.4 Å². The summed E-state index contributed by atoms with van der Waals surface area (Å²) < 4.78 is 29.4. The number of carbonyl (C=O) groups is 1. The molecular formula is C24H21N3O4S. The fourth-order valence-electron chi connectivity index (χ4n) is 3.82. The minimum Gasteiger partial charge on any atom is -0.331 e. The number of sulfonamides is 1. The Balaban J connectivity index is 1.47. The van der Waals surface area contributed by atoms with E-state index < -0.39 is 10.0 Å². The number of amides is 1. The number of fused-ring (bicyclic) bond motifs is 2. The molecule has 0 saturated heterocycles. The lowest BCUT2D eigenvalue weighted by Crippen LogP contribution is -2.26. The third kappa shape index (κ3) is 3.90. The van der Waals surface area contributed by atoms with Crippen molar-refractivity contribution in [2.45, 2.75) is 30.3 Å². The summed E-state index contributed by atoms with van der Waals surface area (Å²) in [7, 11) is -3.62. The number of hydrogen-bond acceptors (Lipinski definition) is 4. The maximum absolute atomic E-state index is 12.9. The highest BCUT2D eigenvalue weighted by atomic mass is 32.2. The molecule has 32 heavy (non-hydrogen) atoms. The molecule has 0 atom stereocenters. The number of aromatic nitrogens is 1. The highest BCUT2D eigenvalue weighted by molar-refractivity contribution is 7.89. The highest BCUT2D eigenvalue weighted by Gasteiger charge is 2.28. The van der Waals surface area contributed by atoms with Gasteiger partial charge in [-0.25, -0.2) is 13.1 Å². The summed E-state index contributed by atoms with van der Waals surface area (Å²) in [6.07, 6.45) is 1.69. The van der Waals surface area contributed by atoms with E-state index in [1.54, 1.807) is 41.0 Å². The zero-order valence-electron chi connectivity index (χ0n) is 17.1. The number of nitrogens with one attached hydrogen (secondary N) is 2. The zero-order chi connectivity index (χ0) is 22.3. The monoisotopic (exact) mass is 447 g/mol. The summed E-state index contributed by atoms with van der Waals surface area (Å²) in [5.74, 6) is -0.325. The van der Waals surface area contributed by atoms with Crippen LogP contribution in [0.25, 0.3) is 21.8 Å². The van der Waals surface area contributed by atoms with Gasteiger partial charge in [0, 0.05) is 22.5 Å². The lowest BCUT2D eigenvalue weighted by molar-refractivity contribution is -0.116. The minimum atomic E-state index is -3.62. The fraction of sp³-hybridized carbons (Fsp3) is 0.167. The lowest BCUT2D eigenvalue weighted by Gasteiger charge is -2.15. The molecule has 0 spiro atoms. The van der Waals surface area contributed by atoms with E-state index in [4.69, 9.17) is 0 Å². The molecule has 0 radical (unpaired) electrons. The zero-order valence-corrected chi connectivity index (χ0v) is 17.9. The second-order valence-electron chi connectivity index (χ2n) is 7.92. The Labute approximate surface area is 184 Å². The summed E-state index contributed by atoms with van der Waals surface area (Å²) in [4.78, 5) is 25.9. The molecule has 3 aromatic carbocycles. The van der Waals surface area contributed by atoms with Crippen LogP contribution in [0.3, 0.4) is 0 Å². The maximum atomic E-state index is 12.9. The van der Waals surface area contributed by atoms with Gasteiger partial charge < -0.3 is 9.88 Å². The topological polar surface area (TPSA) is 97.3 Å². The standard InChI is InChI=1S/C24H21N3O4S/c28-23(25-17-6-5-7-18(14-17)32(30,31)26-16-12-13-16)15-27-21-10-3-1-8-19(21)24(29)20-9-2-4-11-22(20)27/h1-11,14,16,26H,12-13,15H2,(H,25,28). The molecule has 162 valence electrons. The van der Waals surface area contributed by atoms with E-state index in [1.807, 2.05) is 24.3 Å². The van der Waals surface area contributed by atoms with Crippen molar-refractivity contribution >= 4 is 43.4 Å². The second-order valence-corrected chi connectivity index (χ2v) is 9.64. The number of rotatable bonds is 6. The van der Waals surface area contributed by atoms with E-state index in [0.29, 0.717) is 27.5 Å². The summed E-state index contributed by atoms with van der Waals surface area (Å²) in [5.41, 5.74) is 1.64. The smallest absolute Gasteiger partial charge is 0.244 e. The van der Waals surface area contributed by atoms with Crippen molar-refractivity contribution in [3.8, 4) is 0 Å². The number of carbonyl (C=O) groups excluding carboxylic acids is 1. The van der Waals surface area contributed by atoms with Crippen LogP contribution in [0.4, 0.5) is 5.69 Å². The molecule has 4 aromatic rings. The van der Waals surface area contributed by atoms with Crippen molar-refractivity contribution in [1.29, 1.82) is 0 Å². The van der Waals surface area contributed by atoms with Gasteiger partial charge in [0.15, 0.2) is 5.43 Å². The molecule has 1 aliphatic carbocycles. The number of anilines is 1. The van der Waals surface area contributed by atoms with Crippen LogP contribution < -0.4 is 15.5 Å². The average molecular weight is 448 g/mol. The Hall–Kier alpha value is -3.49. The molecular weight excluding hydrogens is 426 g/mol. The van der Waals surface area contributed by atoms with Crippen LogP contribution in [0.2, 0.25) is 0 Å². The van der Waals surface area contributed by atoms with E-state index in [2.05, 4.69) is 10.0 Å². The molecule has 0 aliphatic heterocycles. The Kier molecular flexibility index (Phi) is 5.03. The van der Waals surface area contributed by atoms with Crippen molar-refractivity contribution in [1.82, 2.24) is 9.29 Å². The molecule has 7 nitrogen and oxygen atoms in total. The second kappa shape index (κ2) is 7.89. The molecule has 1 amide bonds. The van der Waals surface area contributed by atoms with E-state index in [1.165, 1.54) is 12.1 Å². The predicted molar refractivity (Wildman–Crippen MR) is 124 cm³/mol. The third-order valence-corrected chi connectivity index (χ3v) is 7.03. The van der Waals surface area contributed by atoms with E-state index in [0.717, 1.165) is 12.8 Å². The van der Waals surface area contributed by atoms with Gasteiger partial charge in [0.2, 0.25) is 15.9 Å². The molecule has 1 fully saturated rings. The number of benzene rings is 3. The lowest BCUT2D eigenvalue weighted by atomic mass is 10.1. The maximum Gasteiger partial charge on any atom is 0.244 e.